The van der Waals surface area contributed by atoms with E-state index in [4.69, 9.17) is 5.73 Å². The van der Waals surface area contributed by atoms with Crippen LogP contribution in [0.2, 0.25) is 0 Å². The molecule has 0 bridgehead atoms. The topological polar surface area (TPSA) is 26.0 Å². The molecule has 1 atom stereocenters. The molecule has 0 aromatic rings. The van der Waals surface area contributed by atoms with Crippen LogP contribution in [-0.2, 0) is 0 Å². The van der Waals surface area contributed by atoms with Crippen molar-refractivity contribution in [3.63, 3.8) is 0 Å². The third kappa shape index (κ3) is 1.99. The number of allylic oxidation sites excluding steroid dienone is 2. The Hall–Kier alpha value is -0.560. The second-order valence-corrected chi connectivity index (χ2v) is 3.18. The fourth-order valence-corrected chi connectivity index (χ4v) is 1.06. The maximum atomic E-state index is 5.58. The molecule has 0 heterocycles. The van der Waals surface area contributed by atoms with Crippen LogP contribution in [-0.4, -0.2) is 6.04 Å². The third-order valence-electron chi connectivity index (χ3n) is 1.72. The van der Waals surface area contributed by atoms with E-state index in [-0.39, 0.29) is 0 Å². The van der Waals surface area contributed by atoms with Crippen molar-refractivity contribution in [3.8, 4) is 0 Å². The van der Waals surface area contributed by atoms with Gasteiger partial charge in [0.25, 0.3) is 0 Å². The standard InChI is InChI=1S/C9H15N/c1-7(2)3-4-8-5-9(10)6-8/h3,5,9H,4,6,10H2,1-2H3/t9-/m0/s1. The first kappa shape index (κ1) is 7.55. The van der Waals surface area contributed by atoms with E-state index in [1.807, 2.05) is 0 Å². The molecule has 0 fully saturated rings. The van der Waals surface area contributed by atoms with Crippen molar-refractivity contribution in [1.82, 2.24) is 0 Å². The van der Waals surface area contributed by atoms with E-state index in [1.165, 1.54) is 11.1 Å². The molecule has 1 heteroatoms. The van der Waals surface area contributed by atoms with Crippen molar-refractivity contribution in [1.29, 1.82) is 0 Å². The normalized spacial score (nSPS) is 23.1. The van der Waals surface area contributed by atoms with Gasteiger partial charge in [0.05, 0.1) is 0 Å². The lowest BCUT2D eigenvalue weighted by Crippen LogP contribution is -2.25. The minimum absolute atomic E-state index is 0.348. The van der Waals surface area contributed by atoms with Gasteiger partial charge in [-0.3, -0.25) is 0 Å². The molecular weight excluding hydrogens is 122 g/mol. The van der Waals surface area contributed by atoms with Gasteiger partial charge >= 0.3 is 0 Å². The maximum absolute atomic E-state index is 5.58. The Balaban J connectivity index is 2.29. The van der Waals surface area contributed by atoms with Crippen LogP contribution in [0.4, 0.5) is 0 Å². The highest BCUT2D eigenvalue weighted by Crippen LogP contribution is 2.21. The average Bonchev–Trinajstić information content (AvgIpc) is 1.77. The molecular formula is C9H15N. The van der Waals surface area contributed by atoms with Gasteiger partial charge in [-0.05, 0) is 26.7 Å². The smallest absolute Gasteiger partial charge is 0.0264 e. The largest absolute Gasteiger partial charge is 0.324 e. The Kier molecular flexibility index (Phi) is 2.28. The van der Waals surface area contributed by atoms with Gasteiger partial charge in [0, 0.05) is 6.04 Å². The summed E-state index contributed by atoms with van der Waals surface area (Å²) in [7, 11) is 0. The monoisotopic (exact) mass is 137 g/mol. The minimum atomic E-state index is 0.348. The third-order valence-corrected chi connectivity index (χ3v) is 1.72. The average molecular weight is 137 g/mol. The molecule has 0 aliphatic heterocycles. The van der Waals surface area contributed by atoms with Gasteiger partial charge in [-0.15, -0.1) is 0 Å². The molecule has 0 radical (unpaired) electrons. The van der Waals surface area contributed by atoms with E-state index in [0.717, 1.165) is 12.8 Å². The zero-order valence-electron chi connectivity index (χ0n) is 6.72. The Labute approximate surface area is 62.6 Å². The quantitative estimate of drug-likeness (QED) is 0.579. The van der Waals surface area contributed by atoms with Crippen molar-refractivity contribution in [2.45, 2.75) is 32.7 Å². The summed E-state index contributed by atoms with van der Waals surface area (Å²) in [4.78, 5) is 0. The Bertz CT molecular complexity index is 173. The molecule has 0 saturated heterocycles. The lowest BCUT2D eigenvalue weighted by molar-refractivity contribution is 0.703. The molecule has 1 aliphatic rings. The highest BCUT2D eigenvalue weighted by atomic mass is 14.6. The van der Waals surface area contributed by atoms with Crippen LogP contribution >= 0.6 is 0 Å². The molecule has 0 amide bonds. The minimum Gasteiger partial charge on any atom is -0.324 e. The fourth-order valence-electron chi connectivity index (χ4n) is 1.06. The Morgan fingerprint density at radius 1 is 1.80 bits per heavy atom. The highest BCUT2D eigenvalue weighted by Gasteiger charge is 2.12. The Morgan fingerprint density at radius 3 is 2.80 bits per heavy atom. The maximum Gasteiger partial charge on any atom is 0.0264 e. The summed E-state index contributed by atoms with van der Waals surface area (Å²) in [6.45, 7) is 4.25. The predicted octanol–water partition coefficient (Wildman–Crippen LogP) is 2.00. The van der Waals surface area contributed by atoms with Gasteiger partial charge in [0.2, 0.25) is 0 Å². The summed E-state index contributed by atoms with van der Waals surface area (Å²) in [6.07, 6.45) is 6.61. The van der Waals surface area contributed by atoms with Crippen LogP contribution in [0.5, 0.6) is 0 Å². The van der Waals surface area contributed by atoms with Crippen molar-refractivity contribution in [2.75, 3.05) is 0 Å². The van der Waals surface area contributed by atoms with Crippen molar-refractivity contribution in [3.05, 3.63) is 23.3 Å². The summed E-state index contributed by atoms with van der Waals surface area (Å²) >= 11 is 0. The van der Waals surface area contributed by atoms with Gasteiger partial charge in [0.15, 0.2) is 0 Å². The van der Waals surface area contributed by atoms with E-state index in [0.29, 0.717) is 6.04 Å². The van der Waals surface area contributed by atoms with Crippen LogP contribution < -0.4 is 5.73 Å². The van der Waals surface area contributed by atoms with Gasteiger partial charge in [0.1, 0.15) is 0 Å². The molecule has 1 nitrogen and oxygen atoms in total. The first-order valence-electron chi connectivity index (χ1n) is 3.77. The van der Waals surface area contributed by atoms with E-state index in [1.54, 1.807) is 0 Å². The second kappa shape index (κ2) is 3.02. The van der Waals surface area contributed by atoms with Gasteiger partial charge < -0.3 is 5.73 Å². The molecule has 0 aromatic carbocycles. The van der Waals surface area contributed by atoms with Gasteiger partial charge in [-0.2, -0.15) is 0 Å². The van der Waals surface area contributed by atoms with Crippen molar-refractivity contribution >= 4 is 0 Å². The van der Waals surface area contributed by atoms with E-state index < -0.39 is 0 Å². The van der Waals surface area contributed by atoms with Crippen LogP contribution in [0.1, 0.15) is 26.7 Å². The number of hydrogen-bond acceptors (Lipinski definition) is 1. The van der Waals surface area contributed by atoms with Crippen LogP contribution in [0, 0.1) is 0 Å². The van der Waals surface area contributed by atoms with E-state index >= 15 is 0 Å². The van der Waals surface area contributed by atoms with E-state index in [9.17, 15) is 0 Å². The molecule has 0 aromatic heterocycles. The SMILES string of the molecule is CC(C)=CCC1=C[C@H](N)C1. The molecule has 10 heavy (non-hydrogen) atoms. The lowest BCUT2D eigenvalue weighted by atomic mass is 9.91. The zero-order chi connectivity index (χ0) is 7.56. The molecule has 0 unspecified atom stereocenters. The molecule has 56 valence electrons. The first-order chi connectivity index (χ1) is 4.68. The number of rotatable bonds is 2. The number of hydrogen-bond donors (Lipinski definition) is 1. The zero-order valence-corrected chi connectivity index (χ0v) is 6.72. The lowest BCUT2D eigenvalue weighted by Gasteiger charge is -2.20. The molecule has 0 saturated carbocycles. The summed E-state index contributed by atoms with van der Waals surface area (Å²) in [6, 6.07) is 0.348. The van der Waals surface area contributed by atoms with E-state index in [2.05, 4.69) is 26.0 Å². The van der Waals surface area contributed by atoms with Crippen LogP contribution in [0.25, 0.3) is 0 Å². The summed E-state index contributed by atoms with van der Waals surface area (Å²) in [5, 5.41) is 0. The first-order valence-corrected chi connectivity index (χ1v) is 3.77. The summed E-state index contributed by atoms with van der Waals surface area (Å²) in [5.41, 5.74) is 8.46. The summed E-state index contributed by atoms with van der Waals surface area (Å²) in [5.74, 6) is 0. The molecule has 2 N–H and O–H groups in total. The molecule has 1 rings (SSSR count). The van der Waals surface area contributed by atoms with Gasteiger partial charge in [-0.1, -0.05) is 23.3 Å². The highest BCUT2D eigenvalue weighted by molar-refractivity contribution is 5.22. The second-order valence-electron chi connectivity index (χ2n) is 3.18. The van der Waals surface area contributed by atoms with Crippen molar-refractivity contribution in [2.24, 2.45) is 5.73 Å². The van der Waals surface area contributed by atoms with Gasteiger partial charge in [-0.25, -0.2) is 0 Å². The Morgan fingerprint density at radius 2 is 2.40 bits per heavy atom. The predicted molar refractivity (Wildman–Crippen MR) is 44.7 cm³/mol. The fraction of sp³-hybridized carbons (Fsp3) is 0.556. The van der Waals surface area contributed by atoms with Crippen LogP contribution in [0.15, 0.2) is 23.3 Å². The molecule has 0 spiro atoms. The van der Waals surface area contributed by atoms with Crippen LogP contribution in [0.3, 0.4) is 0 Å². The number of nitrogens with two attached hydrogens (primary N) is 1. The summed E-state index contributed by atoms with van der Waals surface area (Å²) < 4.78 is 0. The van der Waals surface area contributed by atoms with Crippen molar-refractivity contribution < 1.29 is 0 Å². The molecule has 1 aliphatic carbocycles.